The van der Waals surface area contributed by atoms with Crippen molar-refractivity contribution in [2.75, 3.05) is 28.5 Å². The van der Waals surface area contributed by atoms with E-state index in [1.54, 1.807) is 12.1 Å². The number of halogens is 3. The van der Waals surface area contributed by atoms with Crippen molar-refractivity contribution in [3.8, 4) is 0 Å². The van der Waals surface area contributed by atoms with Crippen LogP contribution in [0.1, 0.15) is 25.8 Å². The van der Waals surface area contributed by atoms with Crippen molar-refractivity contribution in [3.05, 3.63) is 23.2 Å². The lowest BCUT2D eigenvalue weighted by Crippen LogP contribution is -2.33. The minimum Gasteiger partial charge on any atom is -0.371 e. The monoisotopic (exact) mass is 462 g/mol. The van der Waals surface area contributed by atoms with Gasteiger partial charge in [0.1, 0.15) is 11.2 Å². The maximum Gasteiger partial charge on any atom is 0.404 e. The zero-order chi connectivity index (χ0) is 21.9. The normalized spacial score (nSPS) is 15.1. The van der Waals surface area contributed by atoms with Gasteiger partial charge in [-0.2, -0.15) is 13.2 Å². The second-order valence-corrected chi connectivity index (χ2v) is 9.87. The van der Waals surface area contributed by atoms with Crippen LogP contribution in [-0.4, -0.2) is 43.6 Å². The highest BCUT2D eigenvalue weighted by atomic mass is 32.2. The molecule has 1 aromatic heterocycles. The second kappa shape index (κ2) is 8.84. The molecule has 13 heteroatoms. The lowest BCUT2D eigenvalue weighted by molar-refractivity contribution is -0.106. The van der Waals surface area contributed by atoms with Gasteiger partial charge in [0.25, 0.3) is 5.13 Å². The standard InChI is InChI=1S/C17H21F3N6O2S2/c1-11(2)8-26-5-3-4-12-6-13(22-24-16-23-21-10-29-16)14(7-15(12)26)25-30(27,28)9-17(18,19)20/h6-7,10-11,25H,3-5,8-9H2,1-2H3. The predicted octanol–water partition coefficient (Wildman–Crippen LogP) is 4.67. The molecule has 1 N–H and O–H groups in total. The predicted molar refractivity (Wildman–Crippen MR) is 109 cm³/mol. The van der Waals surface area contributed by atoms with Gasteiger partial charge in [-0.15, -0.1) is 20.4 Å². The third kappa shape index (κ3) is 6.11. The molecule has 0 bridgehead atoms. The van der Waals surface area contributed by atoms with E-state index in [1.807, 2.05) is 4.72 Å². The van der Waals surface area contributed by atoms with Crippen LogP contribution in [0.3, 0.4) is 0 Å². The second-order valence-electron chi connectivity index (χ2n) is 7.34. The van der Waals surface area contributed by atoms with Gasteiger partial charge in [-0.1, -0.05) is 25.2 Å². The smallest absolute Gasteiger partial charge is 0.371 e. The molecule has 164 valence electrons. The molecule has 0 radical (unpaired) electrons. The fraction of sp³-hybridized carbons (Fsp3) is 0.529. The number of azo groups is 1. The molecular weight excluding hydrogens is 441 g/mol. The first kappa shape index (κ1) is 22.4. The molecule has 1 aliphatic rings. The van der Waals surface area contributed by atoms with E-state index in [0.29, 0.717) is 5.92 Å². The fourth-order valence-electron chi connectivity index (χ4n) is 3.22. The van der Waals surface area contributed by atoms with Gasteiger partial charge in [0, 0.05) is 18.8 Å². The van der Waals surface area contributed by atoms with Crippen molar-refractivity contribution in [3.63, 3.8) is 0 Å². The third-order valence-electron chi connectivity index (χ3n) is 4.21. The van der Waals surface area contributed by atoms with Crippen molar-refractivity contribution in [1.82, 2.24) is 10.2 Å². The highest BCUT2D eigenvalue weighted by Crippen LogP contribution is 2.38. The van der Waals surface area contributed by atoms with Gasteiger partial charge in [-0.3, -0.25) is 4.72 Å². The van der Waals surface area contributed by atoms with Crippen LogP contribution >= 0.6 is 11.3 Å². The van der Waals surface area contributed by atoms with Crippen molar-refractivity contribution in [1.29, 1.82) is 0 Å². The SMILES string of the molecule is CC(C)CN1CCCc2cc(N=Nc3nncs3)c(NS(=O)(=O)CC(F)(F)F)cc21. The first-order valence-electron chi connectivity index (χ1n) is 9.19. The van der Waals surface area contributed by atoms with Gasteiger partial charge < -0.3 is 4.90 Å². The van der Waals surface area contributed by atoms with Gasteiger partial charge in [-0.25, -0.2) is 8.42 Å². The molecule has 0 atom stereocenters. The van der Waals surface area contributed by atoms with E-state index in [4.69, 9.17) is 0 Å². The molecular formula is C17H21F3N6O2S2. The average Bonchev–Trinajstić information content (AvgIpc) is 3.11. The van der Waals surface area contributed by atoms with Crippen LogP contribution in [-0.2, 0) is 16.4 Å². The number of anilines is 2. The molecule has 0 aliphatic carbocycles. The number of aromatic nitrogens is 2. The fourth-order valence-corrected chi connectivity index (χ4v) is 4.59. The maximum absolute atomic E-state index is 12.7. The topological polar surface area (TPSA) is 99.9 Å². The number of fused-ring (bicyclic) bond motifs is 1. The minimum atomic E-state index is -4.86. The summed E-state index contributed by atoms with van der Waals surface area (Å²) >= 11 is 1.13. The molecule has 0 unspecified atom stereocenters. The molecule has 0 spiro atoms. The van der Waals surface area contributed by atoms with Gasteiger partial charge in [0.2, 0.25) is 10.0 Å². The molecule has 8 nitrogen and oxygen atoms in total. The van der Waals surface area contributed by atoms with Crippen molar-refractivity contribution < 1.29 is 21.6 Å². The van der Waals surface area contributed by atoms with E-state index in [1.165, 1.54) is 5.51 Å². The quantitative estimate of drug-likeness (QED) is 0.603. The van der Waals surface area contributed by atoms with Crippen LogP contribution in [0.15, 0.2) is 27.9 Å². The number of nitrogens with one attached hydrogen (secondary N) is 1. The Kier molecular flexibility index (Phi) is 6.60. The van der Waals surface area contributed by atoms with Crippen LogP contribution in [0.2, 0.25) is 0 Å². The summed E-state index contributed by atoms with van der Waals surface area (Å²) in [5.41, 5.74) is 3.25. The molecule has 30 heavy (non-hydrogen) atoms. The first-order valence-corrected chi connectivity index (χ1v) is 11.7. The maximum atomic E-state index is 12.7. The molecule has 2 heterocycles. The summed E-state index contributed by atoms with van der Waals surface area (Å²) in [4.78, 5) is 2.11. The van der Waals surface area contributed by atoms with Crippen molar-refractivity contribution in [2.24, 2.45) is 16.1 Å². The Bertz CT molecular complexity index is 1010. The van der Waals surface area contributed by atoms with Crippen LogP contribution in [0.25, 0.3) is 0 Å². The Morgan fingerprint density at radius 3 is 2.70 bits per heavy atom. The number of hydrogen-bond donors (Lipinski definition) is 1. The molecule has 3 rings (SSSR count). The zero-order valence-corrected chi connectivity index (χ0v) is 18.0. The van der Waals surface area contributed by atoms with Gasteiger partial charge >= 0.3 is 6.18 Å². The van der Waals surface area contributed by atoms with Gasteiger partial charge in [0.05, 0.1) is 5.69 Å². The zero-order valence-electron chi connectivity index (χ0n) is 16.3. The van der Waals surface area contributed by atoms with Crippen LogP contribution < -0.4 is 9.62 Å². The Hall–Kier alpha value is -2.28. The highest BCUT2D eigenvalue weighted by molar-refractivity contribution is 7.92. The Morgan fingerprint density at radius 1 is 1.30 bits per heavy atom. The largest absolute Gasteiger partial charge is 0.404 e. The molecule has 0 amide bonds. The van der Waals surface area contributed by atoms with Crippen molar-refractivity contribution in [2.45, 2.75) is 32.9 Å². The summed E-state index contributed by atoms with van der Waals surface area (Å²) in [5.74, 6) is -1.63. The van der Waals surface area contributed by atoms with E-state index in [0.717, 1.165) is 48.5 Å². The number of nitrogens with zero attached hydrogens (tertiary/aromatic N) is 5. The number of aryl methyl sites for hydroxylation is 1. The van der Waals surface area contributed by atoms with Crippen LogP contribution in [0.4, 0.5) is 35.4 Å². The number of hydrogen-bond acceptors (Lipinski definition) is 8. The summed E-state index contributed by atoms with van der Waals surface area (Å²) in [6.45, 7) is 5.65. The van der Waals surface area contributed by atoms with Gasteiger partial charge in [-0.05, 0) is 36.5 Å². The van der Waals surface area contributed by atoms with E-state index in [2.05, 4.69) is 39.2 Å². The summed E-state index contributed by atoms with van der Waals surface area (Å²) in [5, 5.41) is 15.6. The molecule has 1 aliphatic heterocycles. The highest BCUT2D eigenvalue weighted by Gasteiger charge is 2.35. The number of rotatable bonds is 7. The molecule has 2 aromatic rings. The number of sulfonamides is 1. The van der Waals surface area contributed by atoms with E-state index >= 15 is 0 Å². The summed E-state index contributed by atoms with van der Waals surface area (Å²) in [6, 6.07) is 3.21. The summed E-state index contributed by atoms with van der Waals surface area (Å²) in [7, 11) is -4.67. The molecule has 1 aromatic carbocycles. The van der Waals surface area contributed by atoms with Crippen LogP contribution in [0.5, 0.6) is 0 Å². The Balaban J connectivity index is 2.02. The van der Waals surface area contributed by atoms with Crippen molar-refractivity contribution >= 4 is 43.6 Å². The number of benzene rings is 1. The molecule has 0 saturated heterocycles. The molecule has 0 saturated carbocycles. The van der Waals surface area contributed by atoms with E-state index in [-0.39, 0.29) is 16.5 Å². The lowest BCUT2D eigenvalue weighted by atomic mass is 9.99. The van der Waals surface area contributed by atoms with Gasteiger partial charge in [0.15, 0.2) is 5.75 Å². The number of alkyl halides is 3. The lowest BCUT2D eigenvalue weighted by Gasteiger charge is -2.33. The third-order valence-corrected chi connectivity index (χ3v) is 6.02. The minimum absolute atomic E-state index is 0.0538. The first-order chi connectivity index (χ1) is 14.0. The molecule has 0 fully saturated rings. The average molecular weight is 463 g/mol. The Morgan fingerprint density at radius 2 is 2.07 bits per heavy atom. The van der Waals surface area contributed by atoms with E-state index in [9.17, 15) is 21.6 Å². The van der Waals surface area contributed by atoms with E-state index < -0.39 is 22.0 Å². The summed E-state index contributed by atoms with van der Waals surface area (Å²) in [6.07, 6.45) is -3.20. The Labute approximate surface area is 176 Å². The van der Waals surface area contributed by atoms with Crippen LogP contribution in [0, 0.1) is 5.92 Å². The summed E-state index contributed by atoms with van der Waals surface area (Å²) < 4.78 is 64.3.